The number of carbonyl (C=O) groups is 2. The number of likely N-dealkylation sites (tertiary alicyclic amines) is 1. The Morgan fingerprint density at radius 3 is 2.45 bits per heavy atom. The highest BCUT2D eigenvalue weighted by atomic mass is 19.4. The van der Waals surface area contributed by atoms with Gasteiger partial charge in [-0.2, -0.15) is 5.26 Å². The molecule has 0 aliphatic carbocycles. The number of benzene rings is 2. The molecule has 6 nitrogen and oxygen atoms in total. The van der Waals surface area contributed by atoms with E-state index in [-0.39, 0.29) is 35.0 Å². The number of ether oxygens (including phenoxy) is 1. The van der Waals surface area contributed by atoms with Crippen LogP contribution in [0.4, 0.5) is 13.2 Å². The largest absolute Gasteiger partial charge is 0.573 e. The molecule has 0 bridgehead atoms. The normalized spacial score (nSPS) is 21.0. The van der Waals surface area contributed by atoms with Crippen molar-refractivity contribution in [3.05, 3.63) is 65.7 Å². The Balaban J connectivity index is 1.76. The number of halogens is 3. The highest BCUT2D eigenvalue weighted by Crippen LogP contribution is 2.38. The third-order valence-electron chi connectivity index (χ3n) is 7.74. The molecule has 0 aromatic heterocycles. The van der Waals surface area contributed by atoms with Crippen LogP contribution in [0.3, 0.4) is 0 Å². The minimum atomic E-state index is -4.83. The van der Waals surface area contributed by atoms with Crippen molar-refractivity contribution in [2.75, 3.05) is 6.54 Å². The summed E-state index contributed by atoms with van der Waals surface area (Å²) in [5.74, 6) is -1.07. The number of rotatable bonds is 11. The lowest BCUT2D eigenvalue weighted by molar-refractivity contribution is -0.871. The van der Waals surface area contributed by atoms with Gasteiger partial charge in [-0.25, -0.2) is 9.28 Å². The molecule has 1 aliphatic heterocycles. The average molecular weight is 531 g/mol. The zero-order valence-corrected chi connectivity index (χ0v) is 21.8. The smallest absolute Gasteiger partial charge is 0.406 e. The SMILES string of the molecule is CC(C)[C@@](C#N)(CCCCC(=O)[N@@+]1(Cc2cccc(OC(F)(F)F)c2)CCCC1C(N)=O)c1ccccc1. The predicted molar refractivity (Wildman–Crippen MR) is 136 cm³/mol. The Morgan fingerprint density at radius 1 is 1.13 bits per heavy atom. The number of hydrogen-bond donors (Lipinski definition) is 1. The lowest BCUT2D eigenvalue weighted by Gasteiger charge is -2.36. The van der Waals surface area contributed by atoms with E-state index in [0.29, 0.717) is 44.2 Å². The number of primary amides is 1. The van der Waals surface area contributed by atoms with Gasteiger partial charge < -0.3 is 10.5 Å². The molecule has 9 heteroatoms. The zero-order chi connectivity index (χ0) is 28.0. The maximum atomic E-state index is 13.7. The number of carbonyl (C=O) groups excluding carboxylic acids is 2. The number of quaternary nitrogens is 1. The molecule has 2 N–H and O–H groups in total. The van der Waals surface area contributed by atoms with Gasteiger partial charge in [-0.05, 0) is 36.5 Å². The van der Waals surface area contributed by atoms with Gasteiger partial charge in [0.05, 0.1) is 24.4 Å². The van der Waals surface area contributed by atoms with Gasteiger partial charge >= 0.3 is 12.3 Å². The van der Waals surface area contributed by atoms with Crippen molar-refractivity contribution in [1.82, 2.24) is 0 Å². The third-order valence-corrected chi connectivity index (χ3v) is 7.74. The van der Waals surface area contributed by atoms with E-state index in [4.69, 9.17) is 5.73 Å². The molecule has 204 valence electrons. The summed E-state index contributed by atoms with van der Waals surface area (Å²) in [5, 5.41) is 10.1. The van der Waals surface area contributed by atoms with E-state index in [0.717, 1.165) is 5.56 Å². The molecule has 1 saturated heterocycles. The molecule has 3 rings (SSSR count). The topological polar surface area (TPSA) is 93.2 Å². The van der Waals surface area contributed by atoms with E-state index in [1.165, 1.54) is 18.2 Å². The number of unbranched alkanes of at least 4 members (excludes halogenated alkanes) is 1. The van der Waals surface area contributed by atoms with E-state index in [9.17, 15) is 28.0 Å². The van der Waals surface area contributed by atoms with Crippen molar-refractivity contribution < 1.29 is 32.0 Å². The molecule has 0 radical (unpaired) electrons. The number of hydrogen-bond acceptors (Lipinski definition) is 4. The van der Waals surface area contributed by atoms with Crippen LogP contribution in [0, 0.1) is 17.2 Å². The standard InChI is InChI=1S/C29H34F3N3O3/c1-21(2)28(20-33,23-11-4-3-5-12-23)16-7-6-15-26(36)35(17-9-14-25(35)27(34)37)19-22-10-8-13-24(18-22)38-29(30,31)32/h3-5,8,10-13,18,21,25H,6-7,9,14-17,19H2,1-2H3,(H-,34,37)/p+1/t25?,28-,35+/m0/s1. The first kappa shape index (κ1) is 29.2. The quantitative estimate of drug-likeness (QED) is 0.296. The number of amides is 2. The Labute approximate surface area is 221 Å². The fourth-order valence-electron chi connectivity index (χ4n) is 5.75. The summed E-state index contributed by atoms with van der Waals surface area (Å²) < 4.78 is 42.0. The molecule has 1 aliphatic rings. The number of alkyl halides is 3. The minimum absolute atomic E-state index is 0.0552. The van der Waals surface area contributed by atoms with Gasteiger partial charge in [0, 0.05) is 18.4 Å². The van der Waals surface area contributed by atoms with Gasteiger partial charge in [0.2, 0.25) is 0 Å². The maximum absolute atomic E-state index is 13.7. The van der Waals surface area contributed by atoms with Crippen molar-refractivity contribution >= 4 is 11.8 Å². The molecule has 1 heterocycles. The third kappa shape index (κ3) is 6.54. The molecule has 38 heavy (non-hydrogen) atoms. The molecular formula is C29H35F3N3O3+. The Hall–Kier alpha value is -3.38. The van der Waals surface area contributed by atoms with Crippen LogP contribution in [-0.2, 0) is 21.5 Å². The summed E-state index contributed by atoms with van der Waals surface area (Å²) in [7, 11) is 0. The predicted octanol–water partition coefficient (Wildman–Crippen LogP) is 5.75. The number of nitrogens with zero attached hydrogens (tertiary/aromatic N) is 2. The van der Waals surface area contributed by atoms with Gasteiger partial charge in [0.15, 0.2) is 6.04 Å². The van der Waals surface area contributed by atoms with Crippen LogP contribution in [-0.4, -0.2) is 35.2 Å². The van der Waals surface area contributed by atoms with Crippen LogP contribution >= 0.6 is 0 Å². The maximum Gasteiger partial charge on any atom is 0.573 e. The summed E-state index contributed by atoms with van der Waals surface area (Å²) in [6.45, 7) is 4.47. The Morgan fingerprint density at radius 2 is 1.84 bits per heavy atom. The Kier molecular flexibility index (Phi) is 9.21. The molecule has 2 amide bonds. The first-order chi connectivity index (χ1) is 17.9. The summed E-state index contributed by atoms with van der Waals surface area (Å²) >= 11 is 0. The summed E-state index contributed by atoms with van der Waals surface area (Å²) in [6.07, 6.45) is -1.88. The molecular weight excluding hydrogens is 495 g/mol. The van der Waals surface area contributed by atoms with Gasteiger partial charge in [-0.15, -0.1) is 13.2 Å². The Bertz CT molecular complexity index is 1160. The molecule has 0 spiro atoms. The first-order valence-electron chi connectivity index (χ1n) is 12.9. The van der Waals surface area contributed by atoms with Gasteiger partial charge in [-0.3, -0.25) is 4.79 Å². The summed E-state index contributed by atoms with van der Waals surface area (Å²) in [4.78, 5) is 26.0. The number of nitrogens with two attached hydrogens (primary N) is 1. The fourth-order valence-corrected chi connectivity index (χ4v) is 5.75. The lowest BCUT2D eigenvalue weighted by Crippen LogP contribution is -2.59. The zero-order valence-electron chi connectivity index (χ0n) is 21.8. The first-order valence-corrected chi connectivity index (χ1v) is 12.9. The van der Waals surface area contributed by atoms with Gasteiger partial charge in [0.25, 0.3) is 5.91 Å². The highest BCUT2D eigenvalue weighted by Gasteiger charge is 2.50. The molecule has 0 saturated carbocycles. The molecule has 3 atom stereocenters. The fraction of sp³-hybridized carbons (Fsp3) is 0.483. The second kappa shape index (κ2) is 12.0. The lowest BCUT2D eigenvalue weighted by atomic mass is 9.69. The van der Waals surface area contributed by atoms with E-state index in [1.54, 1.807) is 6.07 Å². The van der Waals surface area contributed by atoms with E-state index < -0.39 is 23.7 Å². The van der Waals surface area contributed by atoms with Crippen molar-refractivity contribution in [1.29, 1.82) is 5.26 Å². The minimum Gasteiger partial charge on any atom is -0.406 e. The monoisotopic (exact) mass is 530 g/mol. The second-order valence-electron chi connectivity index (χ2n) is 10.4. The molecule has 1 fully saturated rings. The van der Waals surface area contributed by atoms with Gasteiger partial charge in [0.1, 0.15) is 12.3 Å². The van der Waals surface area contributed by atoms with Crippen LogP contribution in [0.5, 0.6) is 5.75 Å². The van der Waals surface area contributed by atoms with E-state index in [1.807, 2.05) is 44.2 Å². The van der Waals surface area contributed by atoms with Crippen LogP contribution in [0.1, 0.15) is 63.5 Å². The average Bonchev–Trinajstić information content (AvgIpc) is 3.29. The molecule has 2 aromatic rings. The summed E-state index contributed by atoms with van der Waals surface area (Å²) in [5.41, 5.74) is 6.41. The van der Waals surface area contributed by atoms with E-state index >= 15 is 0 Å². The molecule has 1 unspecified atom stereocenters. The van der Waals surface area contributed by atoms with Crippen molar-refractivity contribution in [3.8, 4) is 11.8 Å². The summed E-state index contributed by atoms with van der Waals surface area (Å²) in [6, 6.07) is 16.9. The van der Waals surface area contributed by atoms with Crippen molar-refractivity contribution in [2.45, 2.75) is 76.7 Å². The highest BCUT2D eigenvalue weighted by molar-refractivity contribution is 5.82. The second-order valence-corrected chi connectivity index (χ2v) is 10.4. The van der Waals surface area contributed by atoms with Crippen molar-refractivity contribution in [3.63, 3.8) is 0 Å². The van der Waals surface area contributed by atoms with Crippen LogP contribution in [0.25, 0.3) is 0 Å². The van der Waals surface area contributed by atoms with Gasteiger partial charge in [-0.1, -0.05) is 62.7 Å². The van der Waals surface area contributed by atoms with Crippen LogP contribution in [0.2, 0.25) is 0 Å². The van der Waals surface area contributed by atoms with E-state index in [2.05, 4.69) is 10.8 Å². The molecule has 2 aromatic carbocycles. The number of nitriles is 1. The van der Waals surface area contributed by atoms with Crippen LogP contribution in [0.15, 0.2) is 54.6 Å². The van der Waals surface area contributed by atoms with Crippen molar-refractivity contribution in [2.24, 2.45) is 11.7 Å². The van der Waals surface area contributed by atoms with Crippen LogP contribution < -0.4 is 10.5 Å².